The lowest BCUT2D eigenvalue weighted by atomic mass is 9.76. The Hall–Kier alpha value is -1.30. The van der Waals surface area contributed by atoms with Crippen molar-refractivity contribution in [3.63, 3.8) is 0 Å². The zero-order valence-corrected chi connectivity index (χ0v) is 13.1. The summed E-state index contributed by atoms with van der Waals surface area (Å²) in [5.74, 6) is 0.216. The second-order valence-corrected chi connectivity index (χ2v) is 6.82. The Bertz CT molecular complexity index is 466. The Labute approximate surface area is 124 Å². The molecule has 2 rings (SSSR count). The zero-order chi connectivity index (χ0) is 14.6. The van der Waals surface area contributed by atoms with Crippen LogP contribution in [0.5, 0.6) is 0 Å². The summed E-state index contributed by atoms with van der Waals surface area (Å²) in [4.78, 5) is 16.9. The molecule has 0 unspecified atom stereocenters. The van der Waals surface area contributed by atoms with Crippen LogP contribution in [0.4, 0.5) is 10.9 Å². The molecule has 1 aliphatic rings. The van der Waals surface area contributed by atoms with Crippen molar-refractivity contribution in [2.75, 3.05) is 24.1 Å². The fraction of sp³-hybridized carbons (Fsp3) is 0.714. The molecule has 6 heteroatoms. The molecule has 1 aromatic rings. The average Bonchev–Trinajstić information content (AvgIpc) is 2.78. The number of nitrogens with zero attached hydrogens (tertiary/aromatic N) is 1. The molecular weight excluding hydrogens is 272 g/mol. The highest BCUT2D eigenvalue weighted by atomic mass is 32.1. The van der Waals surface area contributed by atoms with Gasteiger partial charge in [-0.1, -0.05) is 37.5 Å². The maximum Gasteiger partial charge on any atom is 0.265 e. The summed E-state index contributed by atoms with van der Waals surface area (Å²) in [5, 5.41) is 6.82. The minimum atomic E-state index is -0.101. The van der Waals surface area contributed by atoms with Crippen LogP contribution >= 0.6 is 11.3 Å². The minimum absolute atomic E-state index is 0.101. The van der Waals surface area contributed by atoms with Gasteiger partial charge in [-0.2, -0.15) is 0 Å². The summed E-state index contributed by atoms with van der Waals surface area (Å²) in [6, 6.07) is 0. The first-order chi connectivity index (χ1) is 9.54. The molecule has 0 radical (unpaired) electrons. The molecule has 0 bridgehead atoms. The van der Waals surface area contributed by atoms with E-state index in [0.29, 0.717) is 15.8 Å². The van der Waals surface area contributed by atoms with Gasteiger partial charge in [-0.3, -0.25) is 4.79 Å². The lowest BCUT2D eigenvalue weighted by Gasteiger charge is -2.33. The van der Waals surface area contributed by atoms with E-state index in [2.05, 4.69) is 22.5 Å². The van der Waals surface area contributed by atoms with E-state index in [1.165, 1.54) is 43.4 Å². The van der Waals surface area contributed by atoms with Crippen LogP contribution < -0.4 is 16.4 Å². The van der Waals surface area contributed by atoms with Gasteiger partial charge in [0.2, 0.25) is 0 Å². The first-order valence-corrected chi connectivity index (χ1v) is 8.14. The lowest BCUT2D eigenvalue weighted by Crippen LogP contribution is -2.36. The maximum absolute atomic E-state index is 12.2. The van der Waals surface area contributed by atoms with Gasteiger partial charge in [-0.25, -0.2) is 4.98 Å². The van der Waals surface area contributed by atoms with E-state index in [9.17, 15) is 4.79 Å². The van der Waals surface area contributed by atoms with Crippen molar-refractivity contribution in [2.45, 2.75) is 46.0 Å². The second kappa shape index (κ2) is 6.43. The van der Waals surface area contributed by atoms with Crippen LogP contribution in [0.3, 0.4) is 0 Å². The third-order valence-electron chi connectivity index (χ3n) is 3.92. The van der Waals surface area contributed by atoms with Crippen LogP contribution in [-0.4, -0.2) is 24.0 Å². The predicted molar refractivity (Wildman–Crippen MR) is 84.2 cm³/mol. The van der Waals surface area contributed by atoms with Crippen molar-refractivity contribution in [3.05, 3.63) is 4.88 Å². The molecule has 1 aromatic heterocycles. The molecule has 20 heavy (non-hydrogen) atoms. The molecule has 0 aromatic carbocycles. The summed E-state index contributed by atoms with van der Waals surface area (Å²) in [6.45, 7) is 5.74. The van der Waals surface area contributed by atoms with E-state index in [1.807, 2.05) is 6.92 Å². The number of carbonyl (C=O) groups excluding carboxylic acids is 1. The standard InChI is InChI=1S/C14H24N4OS/c1-3-16-13-18-11(15)10(20-13)12(19)17-9-14(2)7-5-4-6-8-14/h3-9,15H2,1-2H3,(H,16,18)(H,17,19). The number of nitrogens with two attached hydrogens (primary N) is 1. The summed E-state index contributed by atoms with van der Waals surface area (Å²) in [6.07, 6.45) is 6.22. The highest BCUT2D eigenvalue weighted by molar-refractivity contribution is 7.18. The molecule has 0 saturated heterocycles. The molecule has 1 saturated carbocycles. The van der Waals surface area contributed by atoms with Gasteiger partial charge in [0.05, 0.1) is 0 Å². The Kier molecular flexibility index (Phi) is 4.86. The molecule has 0 aliphatic heterocycles. The number of anilines is 2. The number of rotatable bonds is 5. The largest absolute Gasteiger partial charge is 0.382 e. The van der Waals surface area contributed by atoms with E-state index < -0.39 is 0 Å². The quantitative estimate of drug-likeness (QED) is 0.780. The molecule has 1 fully saturated rings. The average molecular weight is 296 g/mol. The number of nitrogen functional groups attached to an aromatic ring is 1. The minimum Gasteiger partial charge on any atom is -0.382 e. The third kappa shape index (κ3) is 3.62. The summed E-state index contributed by atoms with van der Waals surface area (Å²) >= 11 is 1.32. The molecule has 1 amide bonds. The third-order valence-corrected chi connectivity index (χ3v) is 4.95. The van der Waals surface area contributed by atoms with E-state index in [0.717, 1.165) is 13.1 Å². The smallest absolute Gasteiger partial charge is 0.265 e. The van der Waals surface area contributed by atoms with Gasteiger partial charge in [0.15, 0.2) is 5.13 Å². The van der Waals surface area contributed by atoms with E-state index >= 15 is 0 Å². The lowest BCUT2D eigenvalue weighted by molar-refractivity contribution is 0.0924. The Morgan fingerprint density at radius 2 is 2.10 bits per heavy atom. The van der Waals surface area contributed by atoms with Crippen molar-refractivity contribution < 1.29 is 4.79 Å². The van der Waals surface area contributed by atoms with Crippen molar-refractivity contribution in [2.24, 2.45) is 5.41 Å². The number of amides is 1. The monoisotopic (exact) mass is 296 g/mol. The maximum atomic E-state index is 12.2. The van der Waals surface area contributed by atoms with E-state index in [-0.39, 0.29) is 11.3 Å². The van der Waals surface area contributed by atoms with Gasteiger partial charge in [0.25, 0.3) is 5.91 Å². The molecule has 1 aliphatic carbocycles. The van der Waals surface area contributed by atoms with Crippen molar-refractivity contribution in [1.82, 2.24) is 10.3 Å². The van der Waals surface area contributed by atoms with Crippen molar-refractivity contribution in [1.29, 1.82) is 0 Å². The molecular formula is C14H24N4OS. The van der Waals surface area contributed by atoms with Crippen molar-refractivity contribution >= 4 is 28.2 Å². The van der Waals surface area contributed by atoms with Gasteiger partial charge in [-0.05, 0) is 25.2 Å². The van der Waals surface area contributed by atoms with Gasteiger partial charge in [-0.15, -0.1) is 0 Å². The predicted octanol–water partition coefficient (Wildman–Crippen LogP) is 2.86. The summed E-state index contributed by atoms with van der Waals surface area (Å²) in [5.41, 5.74) is 6.05. The van der Waals surface area contributed by atoms with Crippen LogP contribution in [-0.2, 0) is 0 Å². The number of thiazole rings is 1. The summed E-state index contributed by atoms with van der Waals surface area (Å²) in [7, 11) is 0. The first kappa shape index (κ1) is 15.1. The number of hydrogen-bond acceptors (Lipinski definition) is 5. The van der Waals surface area contributed by atoms with E-state index in [4.69, 9.17) is 5.73 Å². The fourth-order valence-electron chi connectivity index (χ4n) is 2.68. The molecule has 5 nitrogen and oxygen atoms in total. The molecule has 0 atom stereocenters. The zero-order valence-electron chi connectivity index (χ0n) is 12.3. The van der Waals surface area contributed by atoms with E-state index in [1.54, 1.807) is 0 Å². The Morgan fingerprint density at radius 3 is 2.75 bits per heavy atom. The summed E-state index contributed by atoms with van der Waals surface area (Å²) < 4.78 is 0. The number of aromatic nitrogens is 1. The van der Waals surface area contributed by atoms with Crippen LogP contribution in [0, 0.1) is 5.41 Å². The number of nitrogens with one attached hydrogen (secondary N) is 2. The molecule has 112 valence electrons. The topological polar surface area (TPSA) is 80.0 Å². The molecule has 1 heterocycles. The van der Waals surface area contributed by atoms with Crippen LogP contribution in [0.2, 0.25) is 0 Å². The van der Waals surface area contributed by atoms with Gasteiger partial charge < -0.3 is 16.4 Å². The van der Waals surface area contributed by atoms with Crippen molar-refractivity contribution in [3.8, 4) is 0 Å². The van der Waals surface area contributed by atoms with Gasteiger partial charge in [0.1, 0.15) is 10.7 Å². The first-order valence-electron chi connectivity index (χ1n) is 7.32. The number of carbonyl (C=O) groups is 1. The molecule has 4 N–H and O–H groups in total. The highest BCUT2D eigenvalue weighted by Crippen LogP contribution is 2.35. The van der Waals surface area contributed by atoms with Crippen LogP contribution in [0.1, 0.15) is 55.6 Å². The normalized spacial score (nSPS) is 17.7. The Morgan fingerprint density at radius 1 is 1.40 bits per heavy atom. The highest BCUT2D eigenvalue weighted by Gasteiger charge is 2.28. The fourth-order valence-corrected chi connectivity index (χ4v) is 3.55. The van der Waals surface area contributed by atoms with Gasteiger partial charge in [0, 0.05) is 13.1 Å². The SMILES string of the molecule is CCNc1nc(N)c(C(=O)NCC2(C)CCCCC2)s1. The van der Waals surface area contributed by atoms with Gasteiger partial charge >= 0.3 is 0 Å². The van der Waals surface area contributed by atoms with Crippen LogP contribution in [0.15, 0.2) is 0 Å². The number of hydrogen-bond donors (Lipinski definition) is 3. The van der Waals surface area contributed by atoms with Crippen LogP contribution in [0.25, 0.3) is 0 Å². The second-order valence-electron chi connectivity index (χ2n) is 5.82. The molecule has 0 spiro atoms. The Balaban J connectivity index is 1.94.